The number of aryl methyl sites for hydroxylation is 1. The van der Waals surface area contributed by atoms with Crippen LogP contribution in [0.3, 0.4) is 0 Å². The van der Waals surface area contributed by atoms with E-state index in [9.17, 15) is 14.7 Å². The molecule has 0 saturated heterocycles. The van der Waals surface area contributed by atoms with E-state index in [1.54, 1.807) is 48.5 Å². The van der Waals surface area contributed by atoms with E-state index in [1.807, 2.05) is 19.1 Å². The van der Waals surface area contributed by atoms with E-state index in [2.05, 4.69) is 26.6 Å². The van der Waals surface area contributed by atoms with Crippen LogP contribution in [0.5, 0.6) is 5.75 Å². The summed E-state index contributed by atoms with van der Waals surface area (Å²) in [4.78, 5) is 25.2. The first-order valence-corrected chi connectivity index (χ1v) is 11.5. The Bertz CT molecular complexity index is 1210. The van der Waals surface area contributed by atoms with Crippen LogP contribution in [0.2, 0.25) is 0 Å². The molecule has 0 spiro atoms. The highest BCUT2D eigenvalue weighted by Crippen LogP contribution is 2.34. The zero-order valence-electron chi connectivity index (χ0n) is 19.2. The number of carbonyl (C=O) groups excluding carboxylic acids is 2. The van der Waals surface area contributed by atoms with Crippen LogP contribution in [0, 0.1) is 6.92 Å². The highest BCUT2D eigenvalue weighted by molar-refractivity contribution is 9.10. The summed E-state index contributed by atoms with van der Waals surface area (Å²) in [6, 6.07) is 18.8. The van der Waals surface area contributed by atoms with Gasteiger partial charge in [0.1, 0.15) is 11.9 Å². The summed E-state index contributed by atoms with van der Waals surface area (Å²) in [5.41, 5.74) is 8.64. The monoisotopic (exact) mass is 539 g/mol. The molecule has 8 nitrogen and oxygen atoms in total. The van der Waals surface area contributed by atoms with E-state index < -0.39 is 24.2 Å². The molecule has 3 rings (SSSR count). The van der Waals surface area contributed by atoms with Gasteiger partial charge in [-0.05, 0) is 55.5 Å². The van der Waals surface area contributed by atoms with Gasteiger partial charge >= 0.3 is 6.09 Å². The van der Waals surface area contributed by atoms with Crippen molar-refractivity contribution in [2.75, 3.05) is 23.5 Å². The van der Waals surface area contributed by atoms with E-state index in [0.29, 0.717) is 27.1 Å². The lowest BCUT2D eigenvalue weighted by Crippen LogP contribution is -2.27. The van der Waals surface area contributed by atoms with Gasteiger partial charge in [0.15, 0.2) is 6.10 Å². The van der Waals surface area contributed by atoms with Crippen molar-refractivity contribution in [3.63, 3.8) is 0 Å². The van der Waals surface area contributed by atoms with Crippen molar-refractivity contribution in [2.24, 2.45) is 0 Å². The van der Waals surface area contributed by atoms with Gasteiger partial charge < -0.3 is 25.6 Å². The lowest BCUT2D eigenvalue weighted by Gasteiger charge is -2.25. The number of benzene rings is 3. The van der Waals surface area contributed by atoms with Crippen LogP contribution in [0.25, 0.3) is 0 Å². The number of amides is 2. The van der Waals surface area contributed by atoms with Crippen molar-refractivity contribution in [2.45, 2.75) is 19.1 Å². The lowest BCUT2D eigenvalue weighted by molar-refractivity contribution is -0.112. The molecule has 2 atom stereocenters. The number of carbonyl (C=O) groups is 2. The number of ether oxygens (including phenoxy) is 2. The minimum atomic E-state index is -1.08. The number of hydrogen-bond acceptors (Lipinski definition) is 6. The van der Waals surface area contributed by atoms with Crippen molar-refractivity contribution >= 4 is 45.0 Å². The molecule has 2 amide bonds. The number of phenols is 1. The molecule has 0 heterocycles. The third-order valence-electron chi connectivity index (χ3n) is 5.05. The summed E-state index contributed by atoms with van der Waals surface area (Å²) in [5.74, 6) is -0.551. The Morgan fingerprint density at radius 2 is 1.77 bits per heavy atom. The molecule has 0 bridgehead atoms. The quantitative estimate of drug-likeness (QED) is 0.220. The molecule has 0 aliphatic rings. The van der Waals surface area contributed by atoms with Crippen LogP contribution in [-0.4, -0.2) is 30.3 Å². The zero-order valence-corrected chi connectivity index (χ0v) is 20.8. The molecule has 0 radical (unpaired) electrons. The van der Waals surface area contributed by atoms with Crippen LogP contribution in [0.4, 0.5) is 21.9 Å². The largest absolute Gasteiger partial charge is 0.508 e. The number of hydrogen-bond donors (Lipinski definition) is 4. The van der Waals surface area contributed by atoms with Crippen molar-refractivity contribution < 1.29 is 24.2 Å². The van der Waals surface area contributed by atoms with Crippen LogP contribution in [-0.2, 0) is 14.3 Å². The maximum atomic E-state index is 12.7. The lowest BCUT2D eigenvalue weighted by atomic mass is 10.0. The summed E-state index contributed by atoms with van der Waals surface area (Å²) in [7, 11) is 1.41. The number of phenolic OH excluding ortho intramolecular Hbond substituents is 1. The summed E-state index contributed by atoms with van der Waals surface area (Å²) in [6.07, 6.45) is -0.0375. The second-order valence-corrected chi connectivity index (χ2v) is 8.57. The van der Waals surface area contributed by atoms with Gasteiger partial charge in [0, 0.05) is 28.9 Å². The Hall–Kier alpha value is -3.82. The smallest absolute Gasteiger partial charge is 0.412 e. The molecule has 0 aromatic heterocycles. The molecular formula is C26H26BrN3O5. The van der Waals surface area contributed by atoms with Crippen LogP contribution in [0.1, 0.15) is 17.2 Å². The number of halogens is 1. The molecule has 0 saturated carbocycles. The summed E-state index contributed by atoms with van der Waals surface area (Å²) in [6.45, 7) is 1.94. The van der Waals surface area contributed by atoms with Gasteiger partial charge in [-0.25, -0.2) is 4.79 Å². The molecule has 0 aliphatic carbocycles. The second-order valence-electron chi connectivity index (χ2n) is 7.66. The van der Waals surface area contributed by atoms with Gasteiger partial charge in [-0.1, -0.05) is 45.8 Å². The Morgan fingerprint density at radius 1 is 1.06 bits per heavy atom. The number of methoxy groups -OCH3 is 1. The zero-order chi connectivity index (χ0) is 25.4. The number of nitrogens with two attached hydrogens (primary N) is 1. The van der Waals surface area contributed by atoms with E-state index in [0.717, 1.165) is 5.56 Å². The fraction of sp³-hybridized carbons (Fsp3) is 0.154. The Morgan fingerprint density at radius 3 is 2.46 bits per heavy atom. The van der Waals surface area contributed by atoms with Crippen LogP contribution in [0.15, 0.2) is 83.4 Å². The fourth-order valence-corrected chi connectivity index (χ4v) is 3.61. The first kappa shape index (κ1) is 25.8. The van der Waals surface area contributed by atoms with Gasteiger partial charge in [-0.3, -0.25) is 10.1 Å². The minimum absolute atomic E-state index is 0.0988. The molecule has 0 fully saturated rings. The number of para-hydroxylation sites is 2. The molecule has 35 heavy (non-hydrogen) atoms. The van der Waals surface area contributed by atoms with E-state index >= 15 is 0 Å². The summed E-state index contributed by atoms with van der Waals surface area (Å²) >= 11 is 3.37. The first-order chi connectivity index (χ1) is 16.8. The summed E-state index contributed by atoms with van der Waals surface area (Å²) < 4.78 is 11.9. The van der Waals surface area contributed by atoms with E-state index in [-0.39, 0.29) is 5.75 Å². The number of anilines is 3. The van der Waals surface area contributed by atoms with Gasteiger partial charge in [0.25, 0.3) is 0 Å². The molecule has 0 unspecified atom stereocenters. The third kappa shape index (κ3) is 7.33. The van der Waals surface area contributed by atoms with Crippen molar-refractivity contribution in [1.82, 2.24) is 0 Å². The first-order valence-electron chi connectivity index (χ1n) is 10.7. The van der Waals surface area contributed by atoms with Crippen LogP contribution < -0.4 is 16.4 Å². The standard InChI is InChI=1S/C26H26BrN3O5/c1-16-7-10-18(11-8-16)29-26(33)35-25(19-15-17(27)9-12-22(19)31)23(34-2)13-14-24(32)30-21-6-4-3-5-20(21)28/h3-15,23,25,31H,28H2,1-2H3,(H,29,33)(H,30,32)/b14-13+/t23-,25-/m0/s1. The minimum Gasteiger partial charge on any atom is -0.508 e. The maximum absolute atomic E-state index is 12.7. The van der Waals surface area contributed by atoms with E-state index in [1.165, 1.54) is 25.3 Å². The average Bonchev–Trinajstić information content (AvgIpc) is 2.83. The molecular weight excluding hydrogens is 514 g/mol. The second kappa shape index (κ2) is 12.0. The predicted octanol–water partition coefficient (Wildman–Crippen LogP) is 5.55. The SMILES string of the molecule is CO[C@@H](/C=C/C(=O)Nc1ccccc1N)[C@@H](OC(=O)Nc1ccc(C)cc1)c1cc(Br)ccc1O. The Labute approximate surface area is 211 Å². The molecule has 3 aromatic carbocycles. The number of nitrogen functional groups attached to an aromatic ring is 1. The average molecular weight is 540 g/mol. The van der Waals surface area contributed by atoms with Crippen molar-refractivity contribution in [1.29, 1.82) is 0 Å². The summed E-state index contributed by atoms with van der Waals surface area (Å²) in [5, 5.41) is 15.8. The Kier molecular flexibility index (Phi) is 8.88. The Balaban J connectivity index is 1.83. The van der Waals surface area contributed by atoms with Gasteiger partial charge in [-0.15, -0.1) is 0 Å². The molecule has 9 heteroatoms. The maximum Gasteiger partial charge on any atom is 0.412 e. The number of aromatic hydroxyl groups is 1. The van der Waals surface area contributed by atoms with Gasteiger partial charge in [-0.2, -0.15) is 0 Å². The molecule has 3 aromatic rings. The highest BCUT2D eigenvalue weighted by Gasteiger charge is 2.28. The highest BCUT2D eigenvalue weighted by atomic mass is 79.9. The molecule has 5 N–H and O–H groups in total. The van der Waals surface area contributed by atoms with Crippen molar-refractivity contribution in [3.05, 3.63) is 94.5 Å². The fourth-order valence-electron chi connectivity index (χ4n) is 3.23. The predicted molar refractivity (Wildman–Crippen MR) is 139 cm³/mol. The third-order valence-corrected chi connectivity index (χ3v) is 5.55. The molecule has 0 aliphatic heterocycles. The molecule has 182 valence electrons. The number of rotatable bonds is 8. The van der Waals surface area contributed by atoms with E-state index in [4.69, 9.17) is 15.2 Å². The topological polar surface area (TPSA) is 123 Å². The van der Waals surface area contributed by atoms with Crippen LogP contribution >= 0.6 is 15.9 Å². The van der Waals surface area contributed by atoms with Crippen molar-refractivity contribution in [3.8, 4) is 5.75 Å². The normalized spacial score (nSPS) is 12.7. The number of nitrogens with one attached hydrogen (secondary N) is 2. The van der Waals surface area contributed by atoms with Gasteiger partial charge in [0.05, 0.1) is 11.4 Å². The van der Waals surface area contributed by atoms with Gasteiger partial charge in [0.2, 0.25) is 5.91 Å².